The van der Waals surface area contributed by atoms with Crippen molar-refractivity contribution in [3.8, 4) is 5.75 Å². The number of aliphatic hydroxyl groups excluding tert-OH is 1. The second-order valence-corrected chi connectivity index (χ2v) is 8.27. The van der Waals surface area contributed by atoms with Gasteiger partial charge in [0.1, 0.15) is 11.6 Å². The molecule has 0 radical (unpaired) electrons. The molecule has 1 N–H and O–H groups in total. The van der Waals surface area contributed by atoms with E-state index in [9.17, 15) is 5.11 Å². The number of rotatable bonds is 16. The van der Waals surface area contributed by atoms with Gasteiger partial charge in [-0.1, -0.05) is 77.0 Å². The number of hydrogen-bond acceptors (Lipinski definition) is 4. The van der Waals surface area contributed by atoms with Crippen LogP contribution < -0.4 is 4.74 Å². The van der Waals surface area contributed by atoms with Crippen molar-refractivity contribution in [1.29, 1.82) is 0 Å². The van der Waals surface area contributed by atoms with Crippen molar-refractivity contribution in [2.24, 2.45) is 0 Å². The van der Waals surface area contributed by atoms with Gasteiger partial charge in [0.2, 0.25) is 0 Å². The van der Waals surface area contributed by atoms with Gasteiger partial charge in [-0.3, -0.25) is 0 Å². The van der Waals surface area contributed by atoms with Crippen LogP contribution in [0.3, 0.4) is 0 Å². The molecule has 166 valence electrons. The predicted octanol–water partition coefficient (Wildman–Crippen LogP) is 6.83. The highest BCUT2D eigenvalue weighted by atomic mass is 16.6. The molecular weight excluding hydrogens is 372 g/mol. The van der Waals surface area contributed by atoms with E-state index in [2.05, 4.69) is 23.8 Å². The fourth-order valence-electron chi connectivity index (χ4n) is 3.73. The molecule has 0 aliphatic rings. The average molecular weight is 413 g/mol. The molecular formula is C26H40N2O2. The molecule has 2 unspecified atom stereocenters. The lowest BCUT2D eigenvalue weighted by Crippen LogP contribution is -2.17. The summed E-state index contributed by atoms with van der Waals surface area (Å²) in [7, 11) is 0. The van der Waals surface area contributed by atoms with Gasteiger partial charge in [-0.2, -0.15) is 0 Å². The maximum absolute atomic E-state index is 10.3. The van der Waals surface area contributed by atoms with Gasteiger partial charge >= 0.3 is 0 Å². The Hall–Kier alpha value is -1.94. The van der Waals surface area contributed by atoms with Crippen molar-refractivity contribution < 1.29 is 9.84 Å². The number of unbranched alkanes of at least 4 members (excludes halogenated alkanes) is 6. The van der Waals surface area contributed by atoms with Crippen LogP contribution in [-0.2, 0) is 6.42 Å². The van der Waals surface area contributed by atoms with Gasteiger partial charge in [0.25, 0.3) is 0 Å². The molecule has 1 heterocycles. The van der Waals surface area contributed by atoms with E-state index < -0.39 is 6.29 Å². The lowest BCUT2D eigenvalue weighted by Gasteiger charge is -2.18. The molecule has 2 aromatic rings. The number of nitrogens with zero attached hydrogens (tertiary/aromatic N) is 2. The molecule has 0 aliphatic carbocycles. The second-order valence-electron chi connectivity index (χ2n) is 8.27. The Balaban J connectivity index is 1.81. The first-order chi connectivity index (χ1) is 14.7. The third-order valence-corrected chi connectivity index (χ3v) is 5.59. The van der Waals surface area contributed by atoms with E-state index in [-0.39, 0.29) is 5.92 Å². The normalized spacial score (nSPS) is 13.2. The molecule has 4 heteroatoms. The van der Waals surface area contributed by atoms with Crippen molar-refractivity contribution >= 4 is 0 Å². The fraction of sp³-hybridized carbons (Fsp3) is 0.615. The molecule has 0 saturated heterocycles. The van der Waals surface area contributed by atoms with E-state index in [1.54, 1.807) is 0 Å². The van der Waals surface area contributed by atoms with E-state index in [1.807, 2.05) is 42.7 Å². The van der Waals surface area contributed by atoms with Gasteiger partial charge in [-0.25, -0.2) is 9.97 Å². The summed E-state index contributed by atoms with van der Waals surface area (Å²) in [4.78, 5) is 9.38. The van der Waals surface area contributed by atoms with Gasteiger partial charge < -0.3 is 9.84 Å². The van der Waals surface area contributed by atoms with Crippen LogP contribution in [0.15, 0.2) is 42.7 Å². The summed E-state index contributed by atoms with van der Waals surface area (Å²) in [5.41, 5.74) is 1.23. The van der Waals surface area contributed by atoms with E-state index in [0.717, 1.165) is 37.9 Å². The van der Waals surface area contributed by atoms with E-state index in [1.165, 1.54) is 44.1 Å². The van der Waals surface area contributed by atoms with Gasteiger partial charge in [-0.05, 0) is 43.4 Å². The van der Waals surface area contributed by atoms with Crippen molar-refractivity contribution in [2.75, 3.05) is 0 Å². The Morgan fingerprint density at radius 1 is 0.800 bits per heavy atom. The summed E-state index contributed by atoms with van der Waals surface area (Å²) in [6, 6.07) is 9.49. The number of aryl methyl sites for hydroxylation is 1. The molecule has 0 fully saturated rings. The number of benzene rings is 1. The summed E-state index contributed by atoms with van der Waals surface area (Å²) in [6.45, 7) is 4.46. The minimum absolute atomic E-state index is 0.266. The molecule has 30 heavy (non-hydrogen) atoms. The molecule has 0 aliphatic heterocycles. The first-order valence-electron chi connectivity index (χ1n) is 11.9. The third-order valence-electron chi connectivity index (χ3n) is 5.59. The smallest absolute Gasteiger partial charge is 0.197 e. The minimum Gasteiger partial charge on any atom is -0.465 e. The van der Waals surface area contributed by atoms with E-state index in [4.69, 9.17) is 4.74 Å². The Labute approximate surface area is 183 Å². The zero-order chi connectivity index (χ0) is 21.4. The summed E-state index contributed by atoms with van der Waals surface area (Å²) in [5, 5.41) is 10.3. The van der Waals surface area contributed by atoms with Gasteiger partial charge in [0.05, 0.1) is 0 Å². The van der Waals surface area contributed by atoms with Crippen LogP contribution >= 0.6 is 0 Å². The Morgan fingerprint density at radius 3 is 2.17 bits per heavy atom. The molecule has 2 atom stereocenters. The molecule has 1 aromatic heterocycles. The SMILES string of the molecule is CCCCCCCCc1cnc(C(CCCC)CCC(O)Oc2ccccc2)nc1. The van der Waals surface area contributed by atoms with Crippen LogP contribution in [0.4, 0.5) is 0 Å². The first kappa shape index (κ1) is 24.3. The minimum atomic E-state index is -0.802. The highest BCUT2D eigenvalue weighted by molar-refractivity contribution is 5.21. The fourth-order valence-corrected chi connectivity index (χ4v) is 3.73. The molecule has 0 bridgehead atoms. The van der Waals surface area contributed by atoms with Crippen LogP contribution in [0, 0.1) is 0 Å². The zero-order valence-corrected chi connectivity index (χ0v) is 18.9. The predicted molar refractivity (Wildman–Crippen MR) is 124 cm³/mol. The van der Waals surface area contributed by atoms with E-state index in [0.29, 0.717) is 12.2 Å². The largest absolute Gasteiger partial charge is 0.465 e. The quantitative estimate of drug-likeness (QED) is 0.242. The Morgan fingerprint density at radius 2 is 1.47 bits per heavy atom. The topological polar surface area (TPSA) is 55.2 Å². The molecule has 1 aromatic carbocycles. The summed E-state index contributed by atoms with van der Waals surface area (Å²) in [5.74, 6) is 1.87. The van der Waals surface area contributed by atoms with Crippen LogP contribution in [0.5, 0.6) is 5.75 Å². The summed E-state index contributed by atoms with van der Waals surface area (Å²) >= 11 is 0. The summed E-state index contributed by atoms with van der Waals surface area (Å²) in [6.07, 6.45) is 16.8. The van der Waals surface area contributed by atoms with E-state index >= 15 is 0 Å². The maximum atomic E-state index is 10.3. The number of para-hydroxylation sites is 1. The number of aliphatic hydroxyl groups is 1. The number of hydrogen-bond donors (Lipinski definition) is 1. The van der Waals surface area contributed by atoms with Crippen LogP contribution in [0.2, 0.25) is 0 Å². The molecule has 0 saturated carbocycles. The van der Waals surface area contributed by atoms with Crippen LogP contribution in [0.1, 0.15) is 102 Å². The second kappa shape index (κ2) is 15.0. The number of aromatic nitrogens is 2. The first-order valence-corrected chi connectivity index (χ1v) is 11.9. The van der Waals surface area contributed by atoms with Crippen LogP contribution in [-0.4, -0.2) is 21.4 Å². The highest BCUT2D eigenvalue weighted by Crippen LogP contribution is 2.26. The molecule has 0 spiro atoms. The lowest BCUT2D eigenvalue weighted by atomic mass is 9.95. The third kappa shape index (κ3) is 9.71. The van der Waals surface area contributed by atoms with Crippen molar-refractivity contribution in [3.05, 3.63) is 54.1 Å². The van der Waals surface area contributed by atoms with Gasteiger partial charge in [0, 0.05) is 24.7 Å². The maximum Gasteiger partial charge on any atom is 0.197 e. The molecule has 4 nitrogen and oxygen atoms in total. The van der Waals surface area contributed by atoms with Gasteiger partial charge in [0.15, 0.2) is 6.29 Å². The molecule has 0 amide bonds. The van der Waals surface area contributed by atoms with Crippen molar-refractivity contribution in [3.63, 3.8) is 0 Å². The lowest BCUT2D eigenvalue weighted by molar-refractivity contribution is -0.0257. The number of ether oxygens (including phenoxy) is 1. The van der Waals surface area contributed by atoms with Gasteiger partial charge in [-0.15, -0.1) is 0 Å². The van der Waals surface area contributed by atoms with Crippen LogP contribution in [0.25, 0.3) is 0 Å². The zero-order valence-electron chi connectivity index (χ0n) is 18.9. The molecule has 2 rings (SSSR count). The highest BCUT2D eigenvalue weighted by Gasteiger charge is 2.17. The van der Waals surface area contributed by atoms with Crippen molar-refractivity contribution in [2.45, 2.75) is 103 Å². The Kier molecular flexibility index (Phi) is 12.1. The Bertz CT molecular complexity index is 660. The monoisotopic (exact) mass is 412 g/mol. The summed E-state index contributed by atoms with van der Waals surface area (Å²) < 4.78 is 5.62. The average Bonchev–Trinajstić information content (AvgIpc) is 2.77. The standard InChI is InChI=1S/C26H40N2O2/c1-3-5-7-8-9-11-14-22-20-27-26(28-21-22)23(15-6-4-2)18-19-25(29)30-24-16-12-10-13-17-24/h10,12-13,16-17,20-21,23,25,29H,3-9,11,14-15,18-19H2,1-2H3. The van der Waals surface area contributed by atoms with Crippen molar-refractivity contribution in [1.82, 2.24) is 9.97 Å².